The van der Waals surface area contributed by atoms with Gasteiger partial charge in [-0.15, -0.1) is 0 Å². The third-order valence-corrected chi connectivity index (χ3v) is 2.98. The van der Waals surface area contributed by atoms with E-state index in [0.717, 1.165) is 0 Å². The molecule has 6 heteroatoms. The number of phenols is 1. The number of aromatic nitrogens is 3. The molecule has 0 aliphatic rings. The predicted molar refractivity (Wildman–Crippen MR) is 77.0 cm³/mol. The van der Waals surface area contributed by atoms with Gasteiger partial charge in [-0.05, 0) is 24.3 Å². The lowest BCUT2D eigenvalue weighted by molar-refractivity contribution is 0.0995. The van der Waals surface area contributed by atoms with Crippen LogP contribution in [0.3, 0.4) is 0 Å². The molecular weight excluding hydrogens is 268 g/mol. The van der Waals surface area contributed by atoms with Crippen LogP contribution in [0.25, 0.3) is 16.9 Å². The van der Waals surface area contributed by atoms with Crippen LogP contribution in [0.1, 0.15) is 10.5 Å². The van der Waals surface area contributed by atoms with Crippen LogP contribution in [0.5, 0.6) is 5.75 Å². The molecule has 104 valence electrons. The fraction of sp³-hybridized carbons (Fsp3) is 0. The number of aromatic hydroxyl groups is 1. The Morgan fingerprint density at radius 3 is 2.71 bits per heavy atom. The molecule has 0 saturated heterocycles. The van der Waals surface area contributed by atoms with Crippen molar-refractivity contribution in [2.24, 2.45) is 5.73 Å². The van der Waals surface area contributed by atoms with E-state index in [4.69, 9.17) is 5.73 Å². The Bertz CT molecular complexity index is 796. The number of primary amides is 1. The minimum absolute atomic E-state index is 0.114. The maximum Gasteiger partial charge on any atom is 0.269 e. The van der Waals surface area contributed by atoms with E-state index in [9.17, 15) is 9.90 Å². The average molecular weight is 280 g/mol. The minimum atomic E-state index is -0.630. The zero-order chi connectivity index (χ0) is 14.8. The first-order valence-corrected chi connectivity index (χ1v) is 6.25. The number of phenolic OH excluding ortho intramolecular Hbond substituents is 1. The molecule has 21 heavy (non-hydrogen) atoms. The van der Waals surface area contributed by atoms with Crippen LogP contribution >= 0.6 is 0 Å². The van der Waals surface area contributed by atoms with Gasteiger partial charge in [-0.25, -0.2) is 4.68 Å². The van der Waals surface area contributed by atoms with Gasteiger partial charge in [-0.3, -0.25) is 9.78 Å². The summed E-state index contributed by atoms with van der Waals surface area (Å²) in [6, 6.07) is 11.9. The summed E-state index contributed by atoms with van der Waals surface area (Å²) in [7, 11) is 0. The van der Waals surface area contributed by atoms with Gasteiger partial charge in [0.05, 0.1) is 16.9 Å². The second-order valence-electron chi connectivity index (χ2n) is 4.44. The van der Waals surface area contributed by atoms with Crippen LogP contribution in [0.15, 0.2) is 54.9 Å². The van der Waals surface area contributed by atoms with E-state index in [1.165, 1.54) is 4.68 Å². The molecular formula is C15H12N4O2. The highest BCUT2D eigenvalue weighted by molar-refractivity contribution is 5.97. The van der Waals surface area contributed by atoms with Gasteiger partial charge in [-0.1, -0.05) is 12.1 Å². The van der Waals surface area contributed by atoms with E-state index in [-0.39, 0.29) is 11.4 Å². The summed E-state index contributed by atoms with van der Waals surface area (Å²) in [6.07, 6.45) is 3.29. The van der Waals surface area contributed by atoms with E-state index in [0.29, 0.717) is 16.9 Å². The molecule has 0 fully saturated rings. The number of amides is 1. The second kappa shape index (κ2) is 5.09. The van der Waals surface area contributed by atoms with Crippen LogP contribution in [-0.2, 0) is 0 Å². The molecule has 0 aliphatic heterocycles. The van der Waals surface area contributed by atoms with Crippen molar-refractivity contribution in [2.45, 2.75) is 0 Å². The van der Waals surface area contributed by atoms with Crippen molar-refractivity contribution in [1.29, 1.82) is 0 Å². The van der Waals surface area contributed by atoms with Crippen molar-refractivity contribution in [3.63, 3.8) is 0 Å². The Morgan fingerprint density at radius 2 is 2.05 bits per heavy atom. The summed E-state index contributed by atoms with van der Waals surface area (Å²) >= 11 is 0. The van der Waals surface area contributed by atoms with Crippen LogP contribution in [0, 0.1) is 0 Å². The Kier molecular flexibility index (Phi) is 3.12. The van der Waals surface area contributed by atoms with Crippen molar-refractivity contribution in [3.05, 3.63) is 60.6 Å². The highest BCUT2D eigenvalue weighted by Gasteiger charge is 2.17. The SMILES string of the molecule is NC(=O)c1nn(-c2cccc(O)c2)cc1-c1ccccn1. The topological polar surface area (TPSA) is 94.0 Å². The van der Waals surface area contributed by atoms with Crippen molar-refractivity contribution in [2.75, 3.05) is 0 Å². The quantitative estimate of drug-likeness (QED) is 0.764. The largest absolute Gasteiger partial charge is 0.508 e. The van der Waals surface area contributed by atoms with Crippen molar-refractivity contribution in [1.82, 2.24) is 14.8 Å². The molecule has 3 N–H and O–H groups in total. The molecule has 0 aliphatic carbocycles. The van der Waals surface area contributed by atoms with Gasteiger partial charge in [0.2, 0.25) is 0 Å². The molecule has 3 aromatic rings. The van der Waals surface area contributed by atoms with E-state index >= 15 is 0 Å². The highest BCUT2D eigenvalue weighted by atomic mass is 16.3. The smallest absolute Gasteiger partial charge is 0.269 e. The van der Waals surface area contributed by atoms with Crippen molar-refractivity contribution in [3.8, 4) is 22.7 Å². The summed E-state index contributed by atoms with van der Waals surface area (Å²) in [5.74, 6) is -0.516. The van der Waals surface area contributed by atoms with E-state index in [1.54, 1.807) is 48.8 Å². The third kappa shape index (κ3) is 2.46. The summed E-state index contributed by atoms with van der Waals surface area (Å²) < 4.78 is 1.49. The summed E-state index contributed by atoms with van der Waals surface area (Å²) in [5, 5.41) is 13.7. The molecule has 0 radical (unpaired) electrons. The van der Waals surface area contributed by atoms with Gasteiger partial charge in [0.1, 0.15) is 5.75 Å². The Labute approximate surface area is 120 Å². The number of carbonyl (C=O) groups excluding carboxylic acids is 1. The van der Waals surface area contributed by atoms with Crippen molar-refractivity contribution >= 4 is 5.91 Å². The predicted octanol–water partition coefficient (Wildman–Crippen LogP) is 1.74. The molecule has 0 atom stereocenters. The van der Waals surface area contributed by atoms with Gasteiger partial charge >= 0.3 is 0 Å². The van der Waals surface area contributed by atoms with Gasteiger partial charge in [0, 0.05) is 18.5 Å². The Balaban J connectivity index is 2.15. The number of nitrogens with zero attached hydrogens (tertiary/aromatic N) is 3. The molecule has 0 saturated carbocycles. The first-order valence-electron chi connectivity index (χ1n) is 6.25. The first-order chi connectivity index (χ1) is 10.1. The highest BCUT2D eigenvalue weighted by Crippen LogP contribution is 2.23. The lowest BCUT2D eigenvalue weighted by Crippen LogP contribution is -2.13. The molecule has 2 aromatic heterocycles. The average Bonchev–Trinajstić information content (AvgIpc) is 2.93. The zero-order valence-corrected chi connectivity index (χ0v) is 11.0. The standard InChI is InChI=1S/C15H12N4O2/c16-15(21)14-12(13-6-1-2-7-17-13)9-19(18-14)10-4-3-5-11(20)8-10/h1-9,20H,(H2,16,21). The van der Waals surface area contributed by atoms with Crippen LogP contribution in [0.4, 0.5) is 0 Å². The number of hydrogen-bond acceptors (Lipinski definition) is 4. The number of hydrogen-bond donors (Lipinski definition) is 2. The first kappa shape index (κ1) is 12.9. The molecule has 3 rings (SSSR count). The number of rotatable bonds is 3. The third-order valence-electron chi connectivity index (χ3n) is 2.98. The second-order valence-corrected chi connectivity index (χ2v) is 4.44. The zero-order valence-electron chi connectivity index (χ0n) is 11.0. The molecule has 6 nitrogen and oxygen atoms in total. The summed E-state index contributed by atoms with van der Waals surface area (Å²) in [5.41, 5.74) is 7.30. The maximum absolute atomic E-state index is 11.6. The van der Waals surface area contributed by atoms with Crippen molar-refractivity contribution < 1.29 is 9.90 Å². The fourth-order valence-corrected chi connectivity index (χ4v) is 2.03. The lowest BCUT2D eigenvalue weighted by atomic mass is 10.1. The van der Waals surface area contributed by atoms with Gasteiger partial charge in [0.25, 0.3) is 5.91 Å². The molecule has 1 aromatic carbocycles. The molecule has 0 spiro atoms. The van der Waals surface area contributed by atoms with E-state index in [1.807, 2.05) is 6.07 Å². The van der Waals surface area contributed by atoms with E-state index < -0.39 is 5.91 Å². The molecule has 0 unspecified atom stereocenters. The van der Waals surface area contributed by atoms with Crippen LogP contribution in [-0.4, -0.2) is 25.8 Å². The van der Waals surface area contributed by atoms with Gasteiger partial charge in [-0.2, -0.15) is 5.10 Å². The molecule has 0 bridgehead atoms. The Morgan fingerprint density at radius 1 is 1.19 bits per heavy atom. The number of benzene rings is 1. The molecule has 2 heterocycles. The minimum Gasteiger partial charge on any atom is -0.508 e. The van der Waals surface area contributed by atoms with Gasteiger partial charge in [0.15, 0.2) is 5.69 Å². The summed E-state index contributed by atoms with van der Waals surface area (Å²) in [4.78, 5) is 15.8. The number of nitrogens with two attached hydrogens (primary N) is 1. The van der Waals surface area contributed by atoms with E-state index in [2.05, 4.69) is 10.1 Å². The van der Waals surface area contributed by atoms with Crippen LogP contribution in [0.2, 0.25) is 0 Å². The van der Waals surface area contributed by atoms with Crippen LogP contribution < -0.4 is 5.73 Å². The monoisotopic (exact) mass is 280 g/mol. The molecule has 1 amide bonds. The number of carbonyl (C=O) groups is 1. The normalized spacial score (nSPS) is 10.5. The number of pyridine rings is 1. The Hall–Kier alpha value is -3.15. The fourth-order valence-electron chi connectivity index (χ4n) is 2.03. The maximum atomic E-state index is 11.6. The summed E-state index contributed by atoms with van der Waals surface area (Å²) in [6.45, 7) is 0. The van der Waals surface area contributed by atoms with Gasteiger partial charge < -0.3 is 10.8 Å². The lowest BCUT2D eigenvalue weighted by Gasteiger charge is -2.00.